The number of aromatic nitrogens is 1. The van der Waals surface area contributed by atoms with E-state index in [1.54, 1.807) is 12.3 Å². The maximum absolute atomic E-state index is 11.8. The van der Waals surface area contributed by atoms with Gasteiger partial charge in [-0.15, -0.1) is 0 Å². The van der Waals surface area contributed by atoms with Crippen LogP contribution in [0.4, 0.5) is 10.5 Å². The molecule has 0 saturated carbocycles. The van der Waals surface area contributed by atoms with Gasteiger partial charge in [0.1, 0.15) is 0 Å². The third-order valence-corrected chi connectivity index (χ3v) is 2.87. The Kier molecular flexibility index (Phi) is 4.50. The highest BCUT2D eigenvalue weighted by Crippen LogP contribution is 2.11. The Bertz CT molecular complexity index is 626. The van der Waals surface area contributed by atoms with E-state index in [9.17, 15) is 9.59 Å². The summed E-state index contributed by atoms with van der Waals surface area (Å²) in [6.07, 6.45) is 1.66. The van der Waals surface area contributed by atoms with E-state index in [2.05, 4.69) is 15.6 Å². The molecule has 3 N–H and O–H groups in total. The van der Waals surface area contributed by atoms with Crippen LogP contribution in [0.5, 0.6) is 0 Å². The normalized spacial score (nSPS) is 11.5. The van der Waals surface area contributed by atoms with Crippen molar-refractivity contribution in [1.29, 1.82) is 0 Å². The van der Waals surface area contributed by atoms with Gasteiger partial charge in [0.2, 0.25) is 0 Å². The summed E-state index contributed by atoms with van der Waals surface area (Å²) in [4.78, 5) is 26.7. The molecule has 1 atom stereocenters. The molecule has 21 heavy (non-hydrogen) atoms. The smallest absolute Gasteiger partial charge is 0.335 e. The van der Waals surface area contributed by atoms with Crippen molar-refractivity contribution in [3.05, 3.63) is 59.9 Å². The van der Waals surface area contributed by atoms with Crippen molar-refractivity contribution >= 4 is 17.7 Å². The Balaban J connectivity index is 1.94. The minimum absolute atomic E-state index is 0.169. The van der Waals surface area contributed by atoms with Crippen LogP contribution in [0.1, 0.15) is 29.0 Å². The standard InChI is InChI=1S/C15H15N3O3/c1-10(13-4-2-3-9-16-13)17-15(21)18-12-7-5-11(6-8-12)14(19)20/h2-10H,1H3,(H,19,20)(H2,17,18,21). The maximum Gasteiger partial charge on any atom is 0.335 e. The molecule has 1 heterocycles. The van der Waals surface area contributed by atoms with E-state index in [0.29, 0.717) is 5.69 Å². The average molecular weight is 285 g/mol. The quantitative estimate of drug-likeness (QED) is 0.805. The van der Waals surface area contributed by atoms with E-state index in [1.165, 1.54) is 24.3 Å². The van der Waals surface area contributed by atoms with Crippen molar-refractivity contribution in [2.75, 3.05) is 5.32 Å². The zero-order valence-electron chi connectivity index (χ0n) is 11.4. The molecule has 0 fully saturated rings. The number of carbonyl (C=O) groups excluding carboxylic acids is 1. The number of nitrogens with one attached hydrogen (secondary N) is 2. The molecule has 108 valence electrons. The second kappa shape index (κ2) is 6.51. The fourth-order valence-corrected chi connectivity index (χ4v) is 1.77. The van der Waals surface area contributed by atoms with Crippen molar-refractivity contribution in [2.24, 2.45) is 0 Å². The highest BCUT2D eigenvalue weighted by Gasteiger charge is 2.10. The zero-order valence-corrected chi connectivity index (χ0v) is 11.4. The molecule has 6 nitrogen and oxygen atoms in total. The summed E-state index contributed by atoms with van der Waals surface area (Å²) in [5.41, 5.74) is 1.45. The van der Waals surface area contributed by atoms with E-state index in [4.69, 9.17) is 5.11 Å². The van der Waals surface area contributed by atoms with Gasteiger partial charge < -0.3 is 15.7 Å². The third-order valence-electron chi connectivity index (χ3n) is 2.87. The van der Waals surface area contributed by atoms with Gasteiger partial charge in [-0.05, 0) is 43.3 Å². The van der Waals surface area contributed by atoms with Gasteiger partial charge >= 0.3 is 12.0 Å². The molecule has 0 bridgehead atoms. The van der Waals surface area contributed by atoms with E-state index >= 15 is 0 Å². The van der Waals surface area contributed by atoms with E-state index in [0.717, 1.165) is 5.69 Å². The summed E-state index contributed by atoms with van der Waals surface area (Å²) in [7, 11) is 0. The maximum atomic E-state index is 11.8. The molecule has 0 radical (unpaired) electrons. The fraction of sp³-hybridized carbons (Fsp3) is 0.133. The summed E-state index contributed by atoms with van der Waals surface area (Å²) in [5.74, 6) is -1.00. The molecule has 0 spiro atoms. The number of aromatic carboxylic acids is 1. The minimum atomic E-state index is -1.00. The van der Waals surface area contributed by atoms with E-state index in [-0.39, 0.29) is 17.6 Å². The lowest BCUT2D eigenvalue weighted by Gasteiger charge is -2.14. The number of nitrogens with zero attached hydrogens (tertiary/aromatic N) is 1. The topological polar surface area (TPSA) is 91.3 Å². The number of urea groups is 1. The lowest BCUT2D eigenvalue weighted by atomic mass is 10.2. The molecule has 6 heteroatoms. The van der Waals surface area contributed by atoms with Crippen LogP contribution in [-0.2, 0) is 0 Å². The number of amides is 2. The SMILES string of the molecule is CC(NC(=O)Nc1ccc(C(=O)O)cc1)c1ccccn1. The van der Waals surface area contributed by atoms with Crippen molar-refractivity contribution in [3.8, 4) is 0 Å². The Hall–Kier alpha value is -2.89. The van der Waals surface area contributed by atoms with Gasteiger partial charge in [0.25, 0.3) is 0 Å². The van der Waals surface area contributed by atoms with E-state index in [1.807, 2.05) is 19.1 Å². The molecule has 2 rings (SSSR count). The highest BCUT2D eigenvalue weighted by molar-refractivity contribution is 5.91. The minimum Gasteiger partial charge on any atom is -0.478 e. The summed E-state index contributed by atoms with van der Waals surface area (Å²) in [5, 5.41) is 14.2. The van der Waals surface area contributed by atoms with Crippen LogP contribution < -0.4 is 10.6 Å². The molecule has 1 aromatic carbocycles. The van der Waals surface area contributed by atoms with Gasteiger partial charge in [-0.25, -0.2) is 9.59 Å². The number of pyridine rings is 1. The first kappa shape index (κ1) is 14.5. The summed E-state index contributed by atoms with van der Waals surface area (Å²) in [6.45, 7) is 1.83. The highest BCUT2D eigenvalue weighted by atomic mass is 16.4. The third kappa shape index (κ3) is 4.04. The first-order chi connectivity index (χ1) is 10.1. The zero-order chi connectivity index (χ0) is 15.2. The van der Waals surface area contributed by atoms with Crippen LogP contribution in [0.25, 0.3) is 0 Å². The summed E-state index contributed by atoms with van der Waals surface area (Å²) < 4.78 is 0. The first-order valence-corrected chi connectivity index (χ1v) is 6.38. The molecule has 1 aromatic heterocycles. The Morgan fingerprint density at radius 2 is 1.86 bits per heavy atom. The van der Waals surface area contributed by atoms with Crippen LogP contribution in [0.3, 0.4) is 0 Å². The van der Waals surface area contributed by atoms with Gasteiger partial charge in [0, 0.05) is 11.9 Å². The number of carboxylic acids is 1. The van der Waals surface area contributed by atoms with Crippen LogP contribution in [0.15, 0.2) is 48.7 Å². The lowest BCUT2D eigenvalue weighted by molar-refractivity contribution is 0.0697. The lowest BCUT2D eigenvalue weighted by Crippen LogP contribution is -2.31. The van der Waals surface area contributed by atoms with Crippen LogP contribution >= 0.6 is 0 Å². The number of anilines is 1. The van der Waals surface area contributed by atoms with Crippen LogP contribution in [0, 0.1) is 0 Å². The number of hydrogen-bond acceptors (Lipinski definition) is 3. The van der Waals surface area contributed by atoms with Crippen molar-refractivity contribution in [2.45, 2.75) is 13.0 Å². The molecule has 0 aliphatic rings. The summed E-state index contributed by atoms with van der Waals surface area (Å²) >= 11 is 0. The van der Waals surface area contributed by atoms with Gasteiger partial charge in [0.05, 0.1) is 17.3 Å². The fourth-order valence-electron chi connectivity index (χ4n) is 1.77. The molecule has 0 saturated heterocycles. The predicted molar refractivity (Wildman–Crippen MR) is 78.2 cm³/mol. The number of rotatable bonds is 4. The monoisotopic (exact) mass is 285 g/mol. The second-order valence-corrected chi connectivity index (χ2v) is 4.46. The van der Waals surface area contributed by atoms with Gasteiger partial charge in [-0.2, -0.15) is 0 Å². The molecule has 2 amide bonds. The second-order valence-electron chi connectivity index (χ2n) is 4.46. The molecule has 1 unspecified atom stereocenters. The average Bonchev–Trinajstić information content (AvgIpc) is 2.48. The molecular formula is C15H15N3O3. The van der Waals surface area contributed by atoms with Crippen molar-refractivity contribution in [3.63, 3.8) is 0 Å². The van der Waals surface area contributed by atoms with Crippen molar-refractivity contribution in [1.82, 2.24) is 10.3 Å². The van der Waals surface area contributed by atoms with Crippen LogP contribution in [-0.4, -0.2) is 22.1 Å². The Morgan fingerprint density at radius 3 is 2.43 bits per heavy atom. The Labute approximate surface area is 121 Å². The van der Waals surface area contributed by atoms with Gasteiger partial charge in [-0.3, -0.25) is 4.98 Å². The summed E-state index contributed by atoms with van der Waals surface area (Å²) in [6, 6.07) is 10.8. The number of carboxylic acid groups (broad SMARTS) is 1. The number of benzene rings is 1. The van der Waals surface area contributed by atoms with Crippen molar-refractivity contribution < 1.29 is 14.7 Å². The molecular weight excluding hydrogens is 270 g/mol. The molecule has 0 aliphatic carbocycles. The first-order valence-electron chi connectivity index (χ1n) is 6.38. The largest absolute Gasteiger partial charge is 0.478 e. The van der Waals surface area contributed by atoms with Gasteiger partial charge in [0.15, 0.2) is 0 Å². The molecule has 0 aliphatic heterocycles. The van der Waals surface area contributed by atoms with Gasteiger partial charge in [-0.1, -0.05) is 6.07 Å². The Morgan fingerprint density at radius 1 is 1.14 bits per heavy atom. The van der Waals surface area contributed by atoms with Crippen LogP contribution in [0.2, 0.25) is 0 Å². The number of hydrogen-bond donors (Lipinski definition) is 3. The van der Waals surface area contributed by atoms with E-state index < -0.39 is 5.97 Å². The molecule has 2 aromatic rings. The predicted octanol–water partition coefficient (Wildman–Crippen LogP) is 2.66. The number of carbonyl (C=O) groups is 2.